The van der Waals surface area contributed by atoms with Crippen LogP contribution in [0.4, 0.5) is 5.69 Å². The summed E-state index contributed by atoms with van der Waals surface area (Å²) in [5.41, 5.74) is 0.758. The summed E-state index contributed by atoms with van der Waals surface area (Å²) >= 11 is 1.46. The molecule has 2 aliphatic rings. The number of hydrogen-bond donors (Lipinski definition) is 1. The molecule has 0 radical (unpaired) electrons. The van der Waals surface area contributed by atoms with Gasteiger partial charge >= 0.3 is 0 Å². The van der Waals surface area contributed by atoms with Gasteiger partial charge in [-0.25, -0.2) is 0 Å². The molecule has 0 spiro atoms. The van der Waals surface area contributed by atoms with Crippen molar-refractivity contribution in [1.82, 2.24) is 4.90 Å². The van der Waals surface area contributed by atoms with Crippen LogP contribution >= 0.6 is 11.8 Å². The zero-order valence-corrected chi connectivity index (χ0v) is 16.8. The van der Waals surface area contributed by atoms with Crippen molar-refractivity contribution in [2.75, 3.05) is 11.9 Å². The van der Waals surface area contributed by atoms with Crippen LogP contribution in [-0.4, -0.2) is 39.7 Å². The monoisotopic (exact) mass is 387 g/mol. The molecule has 1 unspecified atom stereocenters. The Bertz CT molecular complexity index is 669. The number of carbonyl (C=O) groups excluding carboxylic acids is 2. The number of benzene rings is 1. The molecule has 146 valence electrons. The number of hydrogen-bond acceptors (Lipinski definition) is 4. The van der Waals surface area contributed by atoms with Crippen LogP contribution in [-0.2, 0) is 9.59 Å². The molecule has 0 bridgehead atoms. The Labute approximate surface area is 166 Å². The molecule has 1 saturated carbocycles. The van der Waals surface area contributed by atoms with Gasteiger partial charge in [0.25, 0.3) is 0 Å². The second-order valence-corrected chi connectivity index (χ2v) is 8.39. The van der Waals surface area contributed by atoms with Crippen molar-refractivity contribution >= 4 is 34.4 Å². The van der Waals surface area contributed by atoms with Crippen LogP contribution in [0.5, 0.6) is 0 Å². The first-order chi connectivity index (χ1) is 13.2. The molecular formula is C21H29N3O2S. The Morgan fingerprint density at radius 2 is 1.81 bits per heavy atom. The zero-order chi connectivity index (χ0) is 19.1. The SMILES string of the molecule is CCN1C(=O)C(CC(=O)Nc2ccccc2)SC1=NC1CCCCCCC1. The van der Waals surface area contributed by atoms with Gasteiger partial charge in [0.1, 0.15) is 5.25 Å². The molecule has 1 aliphatic heterocycles. The minimum absolute atomic E-state index is 0.00954. The number of carbonyl (C=O) groups is 2. The molecule has 27 heavy (non-hydrogen) atoms. The Hall–Kier alpha value is -1.82. The van der Waals surface area contributed by atoms with Crippen molar-refractivity contribution in [3.8, 4) is 0 Å². The fourth-order valence-electron chi connectivity index (χ4n) is 3.65. The fourth-order valence-corrected chi connectivity index (χ4v) is 4.92. The molecule has 1 N–H and O–H groups in total. The van der Waals surface area contributed by atoms with E-state index in [0.717, 1.165) is 23.7 Å². The fraction of sp³-hybridized carbons (Fsp3) is 0.571. The predicted molar refractivity (Wildman–Crippen MR) is 112 cm³/mol. The molecule has 5 nitrogen and oxygen atoms in total. The minimum Gasteiger partial charge on any atom is -0.326 e. The van der Waals surface area contributed by atoms with Gasteiger partial charge in [0.15, 0.2) is 5.17 Å². The lowest BCUT2D eigenvalue weighted by Gasteiger charge is -2.19. The smallest absolute Gasteiger partial charge is 0.242 e. The maximum atomic E-state index is 12.7. The van der Waals surface area contributed by atoms with Crippen molar-refractivity contribution in [2.45, 2.75) is 69.6 Å². The number of nitrogens with one attached hydrogen (secondary N) is 1. The molecule has 0 aromatic heterocycles. The molecule has 1 aliphatic carbocycles. The van der Waals surface area contributed by atoms with Crippen LogP contribution in [0.25, 0.3) is 0 Å². The van der Waals surface area contributed by atoms with Crippen LogP contribution in [0.1, 0.15) is 58.3 Å². The Morgan fingerprint density at radius 3 is 2.48 bits per heavy atom. The lowest BCUT2D eigenvalue weighted by atomic mass is 9.97. The highest BCUT2D eigenvalue weighted by Crippen LogP contribution is 2.31. The third kappa shape index (κ3) is 5.58. The van der Waals surface area contributed by atoms with E-state index in [4.69, 9.17) is 4.99 Å². The number of amides is 2. The maximum Gasteiger partial charge on any atom is 0.242 e. The van der Waals surface area contributed by atoms with Crippen LogP contribution in [0.2, 0.25) is 0 Å². The van der Waals surface area contributed by atoms with Gasteiger partial charge in [-0.15, -0.1) is 0 Å². The van der Waals surface area contributed by atoms with Gasteiger partial charge in [0, 0.05) is 18.7 Å². The summed E-state index contributed by atoms with van der Waals surface area (Å²) in [6.07, 6.45) is 8.73. The standard InChI is InChI=1S/C21H29N3O2S/c1-2-24-20(26)18(15-19(25)22-16-11-9-6-10-12-16)27-21(24)23-17-13-7-4-3-5-8-14-17/h6,9-12,17-18H,2-5,7-8,13-15H2,1H3,(H,22,25). The highest BCUT2D eigenvalue weighted by atomic mass is 32.2. The number of nitrogens with zero attached hydrogens (tertiary/aromatic N) is 2. The van der Waals surface area contributed by atoms with Gasteiger partial charge in [-0.05, 0) is 31.9 Å². The van der Waals surface area contributed by atoms with E-state index < -0.39 is 0 Å². The first-order valence-corrected chi connectivity index (χ1v) is 11.0. The van der Waals surface area contributed by atoms with Crippen LogP contribution in [0.15, 0.2) is 35.3 Å². The molecule has 2 amide bonds. The van der Waals surface area contributed by atoms with Crippen LogP contribution in [0, 0.1) is 0 Å². The zero-order valence-electron chi connectivity index (χ0n) is 16.0. The van der Waals surface area contributed by atoms with Crippen molar-refractivity contribution in [3.05, 3.63) is 30.3 Å². The first kappa shape index (κ1) is 19.9. The van der Waals surface area contributed by atoms with E-state index in [2.05, 4.69) is 5.32 Å². The molecule has 1 heterocycles. The predicted octanol–water partition coefficient (Wildman–Crippen LogP) is 4.45. The molecule has 1 aromatic carbocycles. The highest BCUT2D eigenvalue weighted by molar-refractivity contribution is 8.15. The van der Waals surface area contributed by atoms with E-state index in [0.29, 0.717) is 12.6 Å². The van der Waals surface area contributed by atoms with Gasteiger partial charge < -0.3 is 5.32 Å². The number of amidine groups is 1. The lowest BCUT2D eigenvalue weighted by Crippen LogP contribution is -2.33. The van der Waals surface area contributed by atoms with Crippen molar-refractivity contribution in [3.63, 3.8) is 0 Å². The summed E-state index contributed by atoms with van der Waals surface area (Å²) in [5, 5.41) is 3.31. The summed E-state index contributed by atoms with van der Waals surface area (Å²) in [6, 6.07) is 9.67. The molecule has 6 heteroatoms. The average molecular weight is 388 g/mol. The molecule has 3 rings (SSSR count). The van der Waals surface area contributed by atoms with Gasteiger partial charge in [-0.1, -0.05) is 62.1 Å². The number of para-hydroxylation sites is 1. The van der Waals surface area contributed by atoms with Gasteiger partial charge in [0.2, 0.25) is 11.8 Å². The molecule has 2 fully saturated rings. The van der Waals surface area contributed by atoms with E-state index in [1.165, 1.54) is 43.9 Å². The third-order valence-corrected chi connectivity index (χ3v) is 6.32. The van der Waals surface area contributed by atoms with E-state index >= 15 is 0 Å². The number of thioether (sulfide) groups is 1. The number of aliphatic imine (C=N–C) groups is 1. The largest absolute Gasteiger partial charge is 0.326 e. The van der Waals surface area contributed by atoms with Crippen molar-refractivity contribution < 1.29 is 9.59 Å². The number of rotatable bonds is 5. The van der Waals surface area contributed by atoms with E-state index in [9.17, 15) is 9.59 Å². The van der Waals surface area contributed by atoms with Crippen LogP contribution in [0.3, 0.4) is 0 Å². The summed E-state index contributed by atoms with van der Waals surface area (Å²) in [5.74, 6) is -0.120. The topological polar surface area (TPSA) is 61.8 Å². The summed E-state index contributed by atoms with van der Waals surface area (Å²) in [4.78, 5) is 31.8. The van der Waals surface area contributed by atoms with Crippen molar-refractivity contribution in [2.24, 2.45) is 4.99 Å². The Morgan fingerprint density at radius 1 is 1.15 bits per heavy atom. The first-order valence-electron chi connectivity index (χ1n) is 10.1. The normalized spacial score (nSPS) is 23.3. The molecule has 1 atom stereocenters. The van der Waals surface area contributed by atoms with E-state index in [1.54, 1.807) is 4.90 Å². The Kier molecular flexibility index (Phi) is 7.33. The minimum atomic E-state index is -0.374. The molecular weight excluding hydrogens is 358 g/mol. The van der Waals surface area contributed by atoms with E-state index in [1.807, 2.05) is 37.3 Å². The highest BCUT2D eigenvalue weighted by Gasteiger charge is 2.38. The van der Waals surface area contributed by atoms with Gasteiger partial charge in [0.05, 0.1) is 6.04 Å². The lowest BCUT2D eigenvalue weighted by molar-refractivity contribution is -0.128. The van der Waals surface area contributed by atoms with Gasteiger partial charge in [-0.2, -0.15) is 0 Å². The number of anilines is 1. The van der Waals surface area contributed by atoms with Crippen LogP contribution < -0.4 is 5.32 Å². The maximum absolute atomic E-state index is 12.7. The summed E-state index contributed by atoms with van der Waals surface area (Å²) in [7, 11) is 0. The Balaban J connectivity index is 1.63. The van der Waals surface area contributed by atoms with Crippen molar-refractivity contribution in [1.29, 1.82) is 0 Å². The molecule has 1 saturated heterocycles. The third-order valence-electron chi connectivity index (χ3n) is 5.13. The van der Waals surface area contributed by atoms with E-state index in [-0.39, 0.29) is 23.5 Å². The summed E-state index contributed by atoms with van der Waals surface area (Å²) < 4.78 is 0. The second kappa shape index (κ2) is 9.93. The summed E-state index contributed by atoms with van der Waals surface area (Å²) in [6.45, 7) is 2.58. The quantitative estimate of drug-likeness (QED) is 0.812. The average Bonchev–Trinajstić information content (AvgIpc) is 2.92. The van der Waals surface area contributed by atoms with Gasteiger partial charge in [-0.3, -0.25) is 19.5 Å². The second-order valence-electron chi connectivity index (χ2n) is 7.22. The molecule has 1 aromatic rings.